The number of nitrogens with zero attached hydrogens (tertiary/aromatic N) is 1. The van der Waals surface area contributed by atoms with E-state index in [9.17, 15) is 4.79 Å². The molecule has 0 saturated carbocycles. The van der Waals surface area contributed by atoms with Gasteiger partial charge in [0.1, 0.15) is 0 Å². The van der Waals surface area contributed by atoms with Gasteiger partial charge in [-0.15, -0.1) is 11.3 Å². The number of benzene rings is 1. The lowest BCUT2D eigenvalue weighted by molar-refractivity contribution is -0.115. The molecule has 4 nitrogen and oxygen atoms in total. The molecule has 0 radical (unpaired) electrons. The van der Waals surface area contributed by atoms with Crippen molar-refractivity contribution in [2.24, 2.45) is 0 Å². The lowest BCUT2D eigenvalue weighted by Crippen LogP contribution is -2.11. The van der Waals surface area contributed by atoms with Crippen molar-refractivity contribution >= 4 is 28.6 Å². The summed E-state index contributed by atoms with van der Waals surface area (Å²) in [7, 11) is 0. The summed E-state index contributed by atoms with van der Waals surface area (Å²) in [6.45, 7) is 6.62. The van der Waals surface area contributed by atoms with Gasteiger partial charge in [0.15, 0.2) is 0 Å². The zero-order valence-electron chi connectivity index (χ0n) is 12.0. The quantitative estimate of drug-likeness (QED) is 0.882. The average molecular weight is 289 g/mol. The molecule has 0 fully saturated rings. The maximum absolute atomic E-state index is 11.5. The van der Waals surface area contributed by atoms with Crippen LogP contribution >= 0.6 is 11.3 Å². The van der Waals surface area contributed by atoms with Gasteiger partial charge in [-0.05, 0) is 31.5 Å². The summed E-state index contributed by atoms with van der Waals surface area (Å²) in [6.07, 6.45) is 0.483. The maximum Gasteiger partial charge on any atom is 0.224 e. The minimum Gasteiger partial charge on any atom is -0.380 e. The van der Waals surface area contributed by atoms with Crippen LogP contribution in [-0.4, -0.2) is 10.9 Å². The van der Waals surface area contributed by atoms with Crippen molar-refractivity contribution in [3.63, 3.8) is 0 Å². The van der Waals surface area contributed by atoms with Crippen LogP contribution in [0.3, 0.4) is 0 Å². The summed E-state index contributed by atoms with van der Waals surface area (Å²) < 4.78 is 0. The zero-order chi connectivity index (χ0) is 14.5. The van der Waals surface area contributed by atoms with E-state index < -0.39 is 0 Å². The van der Waals surface area contributed by atoms with Crippen molar-refractivity contribution in [1.29, 1.82) is 0 Å². The molecule has 0 spiro atoms. The summed E-state index contributed by atoms with van der Waals surface area (Å²) in [5, 5.41) is 6.32. The highest BCUT2D eigenvalue weighted by Crippen LogP contribution is 2.24. The Kier molecular flexibility index (Phi) is 4.74. The Morgan fingerprint density at radius 1 is 1.30 bits per heavy atom. The molecule has 5 heteroatoms. The molecule has 0 unspecified atom stereocenters. The second-order valence-electron chi connectivity index (χ2n) is 4.59. The van der Waals surface area contributed by atoms with E-state index in [1.807, 2.05) is 44.5 Å². The van der Waals surface area contributed by atoms with Gasteiger partial charge in [0.25, 0.3) is 0 Å². The molecule has 2 N–H and O–H groups in total. The largest absolute Gasteiger partial charge is 0.380 e. The molecule has 1 amide bonds. The van der Waals surface area contributed by atoms with Gasteiger partial charge >= 0.3 is 0 Å². The Hall–Kier alpha value is -1.88. The number of aromatic nitrogens is 1. The third kappa shape index (κ3) is 3.36. The van der Waals surface area contributed by atoms with Crippen molar-refractivity contribution in [1.82, 2.24) is 4.98 Å². The number of anilines is 2. The minimum absolute atomic E-state index is 0.0311. The molecule has 1 aromatic heterocycles. The van der Waals surface area contributed by atoms with Gasteiger partial charge in [-0.25, -0.2) is 4.98 Å². The van der Waals surface area contributed by atoms with E-state index in [-0.39, 0.29) is 5.91 Å². The summed E-state index contributed by atoms with van der Waals surface area (Å²) in [5.41, 5.74) is 5.87. The van der Waals surface area contributed by atoms with Gasteiger partial charge in [-0.1, -0.05) is 13.0 Å². The Morgan fingerprint density at radius 3 is 2.70 bits per heavy atom. The van der Waals surface area contributed by atoms with E-state index >= 15 is 0 Å². The van der Waals surface area contributed by atoms with Gasteiger partial charge in [-0.2, -0.15) is 0 Å². The van der Waals surface area contributed by atoms with Crippen molar-refractivity contribution in [2.75, 3.05) is 10.6 Å². The highest BCUT2D eigenvalue weighted by atomic mass is 32.1. The molecule has 20 heavy (non-hydrogen) atoms. The fourth-order valence-electron chi connectivity index (χ4n) is 1.87. The Labute approximate surface area is 123 Å². The minimum atomic E-state index is 0.0311. The van der Waals surface area contributed by atoms with Crippen LogP contribution in [0.5, 0.6) is 0 Å². The van der Waals surface area contributed by atoms with E-state index in [0.717, 1.165) is 29.2 Å². The number of amides is 1. The number of rotatable bonds is 5. The normalized spacial score (nSPS) is 10.3. The van der Waals surface area contributed by atoms with Crippen LogP contribution in [0.4, 0.5) is 11.4 Å². The lowest BCUT2D eigenvalue weighted by atomic mass is 10.1. The molecule has 106 valence electrons. The topological polar surface area (TPSA) is 54.0 Å². The molecule has 2 aromatic rings. The van der Waals surface area contributed by atoms with Crippen molar-refractivity contribution in [3.05, 3.63) is 39.8 Å². The van der Waals surface area contributed by atoms with Crippen molar-refractivity contribution in [2.45, 2.75) is 33.7 Å². The number of hydrogen-bond donors (Lipinski definition) is 2. The summed E-state index contributed by atoms with van der Waals surface area (Å²) >= 11 is 1.65. The third-order valence-electron chi connectivity index (χ3n) is 3.21. The number of hydrogen-bond acceptors (Lipinski definition) is 4. The van der Waals surface area contributed by atoms with Gasteiger partial charge in [0.05, 0.1) is 17.7 Å². The first-order valence-electron chi connectivity index (χ1n) is 6.64. The fraction of sp³-hybridized carbons (Fsp3) is 0.333. The Balaban J connectivity index is 2.10. The van der Waals surface area contributed by atoms with Crippen LogP contribution in [0.2, 0.25) is 0 Å². The SMILES string of the molecule is CCC(=O)Nc1cccc(NCc2scnc2C)c1C. The molecule has 1 aromatic carbocycles. The maximum atomic E-state index is 11.5. The first-order valence-corrected chi connectivity index (χ1v) is 7.52. The summed E-state index contributed by atoms with van der Waals surface area (Å²) in [6, 6.07) is 5.89. The van der Waals surface area contributed by atoms with Crippen molar-refractivity contribution < 1.29 is 4.79 Å². The van der Waals surface area contributed by atoms with Gasteiger partial charge < -0.3 is 10.6 Å². The predicted octanol–water partition coefficient (Wildman–Crippen LogP) is 3.72. The van der Waals surface area contributed by atoms with E-state index in [1.165, 1.54) is 4.88 Å². The van der Waals surface area contributed by atoms with Gasteiger partial charge in [0.2, 0.25) is 5.91 Å². The number of nitrogens with one attached hydrogen (secondary N) is 2. The van der Waals surface area contributed by atoms with Crippen LogP contribution < -0.4 is 10.6 Å². The van der Waals surface area contributed by atoms with Crippen LogP contribution in [0.25, 0.3) is 0 Å². The van der Waals surface area contributed by atoms with Crippen LogP contribution in [0.15, 0.2) is 23.7 Å². The second kappa shape index (κ2) is 6.52. The smallest absolute Gasteiger partial charge is 0.224 e. The van der Waals surface area contributed by atoms with E-state index in [2.05, 4.69) is 15.6 Å². The van der Waals surface area contributed by atoms with Crippen LogP contribution in [0.1, 0.15) is 29.5 Å². The molecule has 0 bridgehead atoms. The van der Waals surface area contributed by atoms with Gasteiger partial charge in [-0.3, -0.25) is 4.79 Å². The molecule has 0 aliphatic heterocycles. The standard InChI is InChI=1S/C15H19N3OS/c1-4-15(19)18-13-7-5-6-12(10(13)2)16-8-14-11(3)17-9-20-14/h5-7,9,16H,4,8H2,1-3H3,(H,18,19). The second-order valence-corrected chi connectivity index (χ2v) is 5.53. The Morgan fingerprint density at radius 2 is 2.05 bits per heavy atom. The van der Waals surface area contributed by atoms with Crippen molar-refractivity contribution in [3.8, 4) is 0 Å². The van der Waals surface area contributed by atoms with Crippen LogP contribution in [0, 0.1) is 13.8 Å². The van der Waals surface area contributed by atoms with Gasteiger partial charge in [0, 0.05) is 22.7 Å². The molecule has 2 rings (SSSR count). The molecular formula is C15H19N3OS. The summed E-state index contributed by atoms with van der Waals surface area (Å²) in [5.74, 6) is 0.0311. The van der Waals surface area contributed by atoms with E-state index in [0.29, 0.717) is 6.42 Å². The number of aryl methyl sites for hydroxylation is 1. The van der Waals surface area contributed by atoms with E-state index in [4.69, 9.17) is 0 Å². The average Bonchev–Trinajstić information content (AvgIpc) is 2.85. The predicted molar refractivity (Wildman–Crippen MR) is 84.3 cm³/mol. The molecule has 1 heterocycles. The first kappa shape index (κ1) is 14.5. The van der Waals surface area contributed by atoms with Crippen LogP contribution in [-0.2, 0) is 11.3 Å². The number of thiazole rings is 1. The lowest BCUT2D eigenvalue weighted by Gasteiger charge is -2.13. The Bertz CT molecular complexity index is 607. The molecule has 0 saturated heterocycles. The molecule has 0 aliphatic rings. The fourth-order valence-corrected chi connectivity index (χ4v) is 2.59. The first-order chi connectivity index (χ1) is 9.61. The third-order valence-corrected chi connectivity index (χ3v) is 4.15. The molecule has 0 atom stereocenters. The number of carbonyl (C=O) groups is 1. The molecule has 0 aliphatic carbocycles. The van der Waals surface area contributed by atoms with E-state index in [1.54, 1.807) is 11.3 Å². The monoisotopic (exact) mass is 289 g/mol. The highest BCUT2D eigenvalue weighted by Gasteiger charge is 2.07. The summed E-state index contributed by atoms with van der Waals surface area (Å²) in [4.78, 5) is 17.0. The highest BCUT2D eigenvalue weighted by molar-refractivity contribution is 7.09. The number of carbonyl (C=O) groups excluding carboxylic acids is 1. The zero-order valence-corrected chi connectivity index (χ0v) is 12.8. The molecular weight excluding hydrogens is 270 g/mol.